The fraction of sp³-hybridized carbons (Fsp3) is 0.316. The number of aromatic nitrogens is 3. The molecule has 2 aromatic heterocycles. The number of nitrogens with one attached hydrogen (secondary N) is 2. The molecule has 0 spiro atoms. The first-order chi connectivity index (χ1) is 14.2. The second-order valence-corrected chi connectivity index (χ2v) is 6.57. The van der Waals surface area contributed by atoms with Crippen LogP contribution in [0.3, 0.4) is 0 Å². The zero-order valence-electron chi connectivity index (χ0n) is 16.1. The number of carbonyl (C=O) groups excluding carboxylic acids is 1. The van der Waals surface area contributed by atoms with Crippen molar-refractivity contribution < 1.29 is 27.8 Å². The van der Waals surface area contributed by atoms with E-state index in [-0.39, 0.29) is 29.1 Å². The molecule has 3 aromatic rings. The molecule has 0 aliphatic rings. The van der Waals surface area contributed by atoms with Crippen molar-refractivity contribution in [3.63, 3.8) is 0 Å². The summed E-state index contributed by atoms with van der Waals surface area (Å²) in [6.45, 7) is 0.890. The number of benzene rings is 1. The predicted molar refractivity (Wildman–Crippen MR) is 101 cm³/mol. The van der Waals surface area contributed by atoms with E-state index in [2.05, 4.69) is 10.3 Å². The average molecular weight is 424 g/mol. The Morgan fingerprint density at radius 2 is 2.00 bits per heavy atom. The van der Waals surface area contributed by atoms with E-state index in [4.69, 9.17) is 4.74 Å². The zero-order chi connectivity index (χ0) is 22.1. The normalized spacial score (nSPS) is 12.9. The van der Waals surface area contributed by atoms with Gasteiger partial charge in [0.05, 0.1) is 30.5 Å². The smallest absolute Gasteiger partial charge is 0.394 e. The van der Waals surface area contributed by atoms with Crippen molar-refractivity contribution in [2.45, 2.75) is 19.1 Å². The van der Waals surface area contributed by atoms with E-state index < -0.39 is 41.5 Å². The van der Waals surface area contributed by atoms with Crippen LogP contribution in [0.25, 0.3) is 16.8 Å². The Bertz CT molecular complexity index is 1120. The Morgan fingerprint density at radius 3 is 2.57 bits per heavy atom. The summed E-state index contributed by atoms with van der Waals surface area (Å²) >= 11 is 0. The van der Waals surface area contributed by atoms with Crippen molar-refractivity contribution in [1.29, 1.82) is 0 Å². The van der Waals surface area contributed by atoms with E-state index in [0.717, 1.165) is 0 Å². The zero-order valence-corrected chi connectivity index (χ0v) is 16.1. The molecule has 0 fully saturated rings. The fourth-order valence-corrected chi connectivity index (χ4v) is 3.12. The summed E-state index contributed by atoms with van der Waals surface area (Å²) < 4.78 is 46.5. The lowest BCUT2D eigenvalue weighted by Gasteiger charge is -2.15. The number of H-pyrrole nitrogens is 1. The van der Waals surface area contributed by atoms with Crippen LogP contribution in [0.5, 0.6) is 0 Å². The quantitative estimate of drug-likeness (QED) is 0.559. The summed E-state index contributed by atoms with van der Waals surface area (Å²) in [5.41, 5.74) is -2.94. The van der Waals surface area contributed by atoms with Gasteiger partial charge in [-0.1, -0.05) is 30.3 Å². The standard InChI is InChI=1S/C19H19F3N4O4/c1-10-13(17(28)24-12(8-27)9-30-2)18(29)26-16(23-10)14(11-6-4-3-5-7-11)15(25-26)19(20,21)22/h3-7,12,25,27H,8-9H2,1-2H3,(H,24,28). The summed E-state index contributed by atoms with van der Waals surface area (Å²) in [6.07, 6.45) is -4.79. The molecule has 2 heterocycles. The van der Waals surface area contributed by atoms with Gasteiger partial charge in [0.2, 0.25) is 0 Å². The first kappa shape index (κ1) is 21.5. The van der Waals surface area contributed by atoms with Gasteiger partial charge in [-0.15, -0.1) is 0 Å². The molecule has 1 unspecified atom stereocenters. The Kier molecular flexibility index (Phi) is 5.94. The number of hydrogen-bond donors (Lipinski definition) is 3. The molecule has 160 valence electrons. The van der Waals surface area contributed by atoms with Crippen molar-refractivity contribution in [2.24, 2.45) is 0 Å². The van der Waals surface area contributed by atoms with Gasteiger partial charge in [0, 0.05) is 7.11 Å². The molecule has 1 aromatic carbocycles. The number of hydrogen-bond acceptors (Lipinski definition) is 5. The molecule has 3 rings (SSSR count). The van der Waals surface area contributed by atoms with Gasteiger partial charge in [-0.2, -0.15) is 17.7 Å². The maximum atomic E-state index is 13.7. The highest BCUT2D eigenvalue weighted by molar-refractivity contribution is 5.95. The molecule has 0 radical (unpaired) electrons. The van der Waals surface area contributed by atoms with Crippen LogP contribution < -0.4 is 10.9 Å². The Labute approximate surface area is 168 Å². The largest absolute Gasteiger partial charge is 0.433 e. The van der Waals surface area contributed by atoms with Gasteiger partial charge in [0.15, 0.2) is 5.65 Å². The van der Waals surface area contributed by atoms with E-state index in [1.165, 1.54) is 26.2 Å². The summed E-state index contributed by atoms with van der Waals surface area (Å²) in [4.78, 5) is 29.6. The molecule has 0 aliphatic carbocycles. The average Bonchev–Trinajstić information content (AvgIpc) is 3.08. The third kappa shape index (κ3) is 3.94. The first-order valence-corrected chi connectivity index (χ1v) is 8.87. The molecule has 0 saturated carbocycles. The maximum Gasteiger partial charge on any atom is 0.433 e. The minimum Gasteiger partial charge on any atom is -0.394 e. The Balaban J connectivity index is 2.22. The van der Waals surface area contributed by atoms with Gasteiger partial charge >= 0.3 is 6.18 Å². The number of aliphatic hydroxyl groups excluding tert-OH is 1. The number of fused-ring (bicyclic) bond motifs is 1. The highest BCUT2D eigenvalue weighted by Gasteiger charge is 2.38. The van der Waals surface area contributed by atoms with Gasteiger partial charge in [-0.25, -0.2) is 4.98 Å². The van der Waals surface area contributed by atoms with Crippen molar-refractivity contribution in [3.8, 4) is 11.1 Å². The van der Waals surface area contributed by atoms with Gasteiger partial charge < -0.3 is 15.2 Å². The topological polar surface area (TPSA) is 109 Å². The molecule has 11 heteroatoms. The number of rotatable bonds is 6. The van der Waals surface area contributed by atoms with E-state index in [9.17, 15) is 27.9 Å². The van der Waals surface area contributed by atoms with E-state index in [0.29, 0.717) is 4.52 Å². The Hall–Kier alpha value is -3.18. The summed E-state index contributed by atoms with van der Waals surface area (Å²) in [7, 11) is 1.37. The molecule has 0 bridgehead atoms. The molecule has 30 heavy (non-hydrogen) atoms. The number of amides is 1. The lowest BCUT2D eigenvalue weighted by molar-refractivity contribution is -0.140. The number of aromatic amines is 1. The summed E-state index contributed by atoms with van der Waals surface area (Å²) in [5.74, 6) is -0.875. The van der Waals surface area contributed by atoms with Gasteiger partial charge in [-0.05, 0) is 12.5 Å². The number of halogens is 3. The van der Waals surface area contributed by atoms with E-state index >= 15 is 0 Å². The second kappa shape index (κ2) is 8.28. The minimum absolute atomic E-state index is 0.0167. The number of methoxy groups -OCH3 is 1. The van der Waals surface area contributed by atoms with E-state index in [1.54, 1.807) is 18.2 Å². The Morgan fingerprint density at radius 1 is 1.33 bits per heavy atom. The number of aryl methyl sites for hydroxylation is 1. The van der Waals surface area contributed by atoms with Crippen molar-refractivity contribution in [2.75, 3.05) is 20.3 Å². The number of alkyl halides is 3. The molecule has 3 N–H and O–H groups in total. The third-order valence-electron chi connectivity index (χ3n) is 4.46. The second-order valence-electron chi connectivity index (χ2n) is 6.57. The molecule has 8 nitrogen and oxygen atoms in total. The molecule has 1 amide bonds. The van der Waals surface area contributed by atoms with Gasteiger partial charge in [-0.3, -0.25) is 14.7 Å². The highest BCUT2D eigenvalue weighted by atomic mass is 19.4. The number of nitrogens with zero attached hydrogens (tertiary/aromatic N) is 2. The van der Waals surface area contributed by atoms with Crippen LogP contribution in [0.1, 0.15) is 21.7 Å². The van der Waals surface area contributed by atoms with Gasteiger partial charge in [0.1, 0.15) is 11.3 Å². The number of aliphatic hydroxyl groups is 1. The van der Waals surface area contributed by atoms with Crippen LogP contribution in [0, 0.1) is 6.92 Å². The molecule has 1 atom stereocenters. The molecular formula is C19H19F3N4O4. The molecule has 0 saturated heterocycles. The molecule has 0 aliphatic heterocycles. The van der Waals surface area contributed by atoms with Gasteiger partial charge in [0.25, 0.3) is 11.5 Å². The van der Waals surface area contributed by atoms with Crippen molar-refractivity contribution in [3.05, 3.63) is 57.6 Å². The van der Waals surface area contributed by atoms with E-state index in [1.807, 2.05) is 5.10 Å². The lowest BCUT2D eigenvalue weighted by Crippen LogP contribution is -2.43. The lowest BCUT2D eigenvalue weighted by atomic mass is 10.1. The maximum absolute atomic E-state index is 13.7. The van der Waals surface area contributed by atoms with Crippen LogP contribution in [0.4, 0.5) is 13.2 Å². The summed E-state index contributed by atoms with van der Waals surface area (Å²) in [5, 5.41) is 13.8. The number of ether oxygens (including phenoxy) is 1. The predicted octanol–water partition coefficient (Wildman–Crippen LogP) is 1.75. The number of carbonyl (C=O) groups is 1. The van der Waals surface area contributed by atoms with Crippen LogP contribution in [0.2, 0.25) is 0 Å². The van der Waals surface area contributed by atoms with Crippen LogP contribution in [-0.4, -0.2) is 52.0 Å². The monoisotopic (exact) mass is 424 g/mol. The third-order valence-corrected chi connectivity index (χ3v) is 4.46. The first-order valence-electron chi connectivity index (χ1n) is 8.87. The fourth-order valence-electron chi connectivity index (χ4n) is 3.12. The van der Waals surface area contributed by atoms with Crippen LogP contribution >= 0.6 is 0 Å². The van der Waals surface area contributed by atoms with Crippen LogP contribution in [0.15, 0.2) is 35.1 Å². The minimum atomic E-state index is -4.79. The SMILES string of the molecule is COCC(CO)NC(=O)c1c(C)nc2c(-c3ccccc3)c(C(F)(F)F)[nH]n2c1=O. The summed E-state index contributed by atoms with van der Waals surface area (Å²) in [6, 6.07) is 6.93. The molecular weight excluding hydrogens is 405 g/mol. The van der Waals surface area contributed by atoms with Crippen molar-refractivity contribution >= 4 is 11.6 Å². The van der Waals surface area contributed by atoms with Crippen LogP contribution in [-0.2, 0) is 10.9 Å². The highest BCUT2D eigenvalue weighted by Crippen LogP contribution is 2.38. The van der Waals surface area contributed by atoms with Crippen molar-refractivity contribution in [1.82, 2.24) is 19.9 Å².